The van der Waals surface area contributed by atoms with Gasteiger partial charge in [0.2, 0.25) is 0 Å². The summed E-state index contributed by atoms with van der Waals surface area (Å²) >= 11 is 1.84. The zero-order valence-electron chi connectivity index (χ0n) is 10.5. The molecule has 1 nitrogen and oxygen atoms in total. The molecule has 18 heavy (non-hydrogen) atoms. The van der Waals surface area contributed by atoms with Crippen molar-refractivity contribution < 1.29 is 32.7 Å². The number of fused-ring (bicyclic) bond motifs is 1. The van der Waals surface area contributed by atoms with Gasteiger partial charge in [0.25, 0.3) is 0 Å². The fourth-order valence-electron chi connectivity index (χ4n) is 1.96. The average molecular weight is 329 g/mol. The number of nitrogens with one attached hydrogen (secondary N) is 1. The van der Waals surface area contributed by atoms with Crippen molar-refractivity contribution in [3.8, 4) is 0 Å². The number of rotatable bonds is 1. The standard InChI is InChI=1S/C15H14NS.Y/c1-10-3-6-12(7-4-10)15-16-13-8-5-11(2)9-14(13)17-15;/h3-8,15-16H,1-2H3;/q-1;. The Balaban J connectivity index is 0.00000120. The van der Waals surface area contributed by atoms with Crippen LogP contribution in [-0.4, -0.2) is 0 Å². The molecule has 89 valence electrons. The Bertz CT molecular complexity index is 551. The van der Waals surface area contributed by atoms with E-state index in [0.29, 0.717) is 5.37 Å². The number of benzene rings is 2. The van der Waals surface area contributed by atoms with E-state index in [2.05, 4.69) is 61.6 Å². The van der Waals surface area contributed by atoms with Crippen LogP contribution in [0.25, 0.3) is 0 Å². The Labute approximate surface area is 138 Å². The van der Waals surface area contributed by atoms with Gasteiger partial charge >= 0.3 is 0 Å². The first kappa shape index (κ1) is 14.1. The van der Waals surface area contributed by atoms with Crippen molar-refractivity contribution in [3.05, 3.63) is 59.2 Å². The molecule has 0 aliphatic carbocycles. The fourth-order valence-corrected chi connectivity index (χ4v) is 3.15. The normalized spacial score (nSPS) is 16.7. The van der Waals surface area contributed by atoms with Gasteiger partial charge in [-0.05, 0) is 12.5 Å². The van der Waals surface area contributed by atoms with E-state index in [1.165, 1.54) is 27.3 Å². The Morgan fingerprint density at radius 3 is 2.50 bits per heavy atom. The van der Waals surface area contributed by atoms with E-state index in [0.717, 1.165) is 0 Å². The van der Waals surface area contributed by atoms with Crippen LogP contribution in [0, 0.1) is 19.9 Å². The summed E-state index contributed by atoms with van der Waals surface area (Å²) < 4.78 is 0. The Morgan fingerprint density at radius 1 is 1.06 bits per heavy atom. The van der Waals surface area contributed by atoms with Crippen LogP contribution < -0.4 is 5.32 Å². The largest absolute Gasteiger partial charge is 0.421 e. The van der Waals surface area contributed by atoms with Crippen LogP contribution in [0.4, 0.5) is 5.69 Å². The molecule has 2 aromatic rings. The molecule has 1 radical (unpaired) electrons. The third-order valence-electron chi connectivity index (χ3n) is 2.96. The zero-order chi connectivity index (χ0) is 11.8. The molecule has 1 aliphatic rings. The predicted octanol–water partition coefficient (Wildman–Crippen LogP) is 4.32. The summed E-state index contributed by atoms with van der Waals surface area (Å²) in [6.45, 7) is 4.20. The van der Waals surface area contributed by atoms with Crippen LogP contribution in [0.5, 0.6) is 0 Å². The molecule has 0 saturated heterocycles. The molecule has 2 aromatic carbocycles. The predicted molar refractivity (Wildman–Crippen MR) is 73.4 cm³/mol. The second kappa shape index (κ2) is 5.77. The minimum atomic E-state index is 0. The number of anilines is 1. The fraction of sp³-hybridized carbons (Fsp3) is 0.200. The molecule has 0 fully saturated rings. The van der Waals surface area contributed by atoms with Gasteiger partial charge < -0.3 is 5.32 Å². The minimum Gasteiger partial charge on any atom is -0.421 e. The second-order valence-electron chi connectivity index (χ2n) is 4.44. The minimum absolute atomic E-state index is 0. The summed E-state index contributed by atoms with van der Waals surface area (Å²) in [6.07, 6.45) is 0. The molecular weight excluding hydrogens is 315 g/mol. The smallest absolute Gasteiger partial charge is 0.0906 e. The summed E-state index contributed by atoms with van der Waals surface area (Å²) in [6, 6.07) is 16.4. The third-order valence-corrected chi connectivity index (χ3v) is 4.14. The van der Waals surface area contributed by atoms with Gasteiger partial charge in [-0.2, -0.15) is 17.7 Å². The monoisotopic (exact) mass is 329 g/mol. The average Bonchev–Trinajstić information content (AvgIpc) is 2.72. The van der Waals surface area contributed by atoms with E-state index in [-0.39, 0.29) is 32.7 Å². The van der Waals surface area contributed by atoms with Crippen LogP contribution in [-0.2, 0) is 32.7 Å². The molecule has 1 N–H and O–H groups in total. The first-order valence-corrected chi connectivity index (χ1v) is 6.63. The molecule has 3 heteroatoms. The van der Waals surface area contributed by atoms with Crippen molar-refractivity contribution in [2.45, 2.75) is 24.1 Å². The summed E-state index contributed by atoms with van der Waals surface area (Å²) in [5.41, 5.74) is 5.02. The van der Waals surface area contributed by atoms with Gasteiger partial charge in [-0.15, -0.1) is 17.8 Å². The van der Waals surface area contributed by atoms with Gasteiger partial charge in [0, 0.05) is 32.7 Å². The van der Waals surface area contributed by atoms with Crippen LogP contribution in [0.1, 0.15) is 22.1 Å². The Hall–Kier alpha value is -0.306. The maximum Gasteiger partial charge on any atom is 0.0906 e. The summed E-state index contributed by atoms with van der Waals surface area (Å²) in [4.78, 5) is 1.23. The van der Waals surface area contributed by atoms with Crippen molar-refractivity contribution in [1.29, 1.82) is 0 Å². The van der Waals surface area contributed by atoms with E-state index < -0.39 is 0 Å². The van der Waals surface area contributed by atoms with Crippen molar-refractivity contribution in [2.75, 3.05) is 5.32 Å². The van der Waals surface area contributed by atoms with Gasteiger partial charge in [0.1, 0.15) is 0 Å². The topological polar surface area (TPSA) is 12.0 Å². The number of thioether (sulfide) groups is 1. The first-order chi connectivity index (χ1) is 8.22. The Kier molecular flexibility index (Phi) is 4.52. The number of aryl methyl sites for hydroxylation is 2. The number of hydrogen-bond acceptors (Lipinski definition) is 2. The number of hydrogen-bond donors (Lipinski definition) is 1. The SMILES string of the molecule is Cc1[c-]c2c(cc1)NC(c1ccc(C)cc1)S2.[Y]. The molecular formula is C15H14NSY-. The van der Waals surface area contributed by atoms with E-state index in [1.54, 1.807) is 0 Å². The summed E-state index contributed by atoms with van der Waals surface area (Å²) in [5.74, 6) is 0. The van der Waals surface area contributed by atoms with Gasteiger partial charge in [-0.1, -0.05) is 47.3 Å². The molecule has 1 aliphatic heterocycles. The third kappa shape index (κ3) is 2.82. The van der Waals surface area contributed by atoms with Crippen molar-refractivity contribution in [2.24, 2.45) is 0 Å². The van der Waals surface area contributed by atoms with Gasteiger partial charge in [0.05, 0.1) is 5.37 Å². The maximum atomic E-state index is 3.53. The van der Waals surface area contributed by atoms with E-state index >= 15 is 0 Å². The van der Waals surface area contributed by atoms with Crippen molar-refractivity contribution in [3.63, 3.8) is 0 Å². The van der Waals surface area contributed by atoms with Gasteiger partial charge in [-0.3, -0.25) is 0 Å². The molecule has 3 rings (SSSR count). The maximum absolute atomic E-state index is 3.53. The first-order valence-electron chi connectivity index (χ1n) is 5.75. The Morgan fingerprint density at radius 2 is 1.78 bits per heavy atom. The van der Waals surface area contributed by atoms with Crippen molar-refractivity contribution in [1.82, 2.24) is 0 Å². The van der Waals surface area contributed by atoms with Crippen molar-refractivity contribution >= 4 is 17.4 Å². The molecule has 0 amide bonds. The van der Waals surface area contributed by atoms with Gasteiger partial charge in [-0.25, -0.2) is 0 Å². The van der Waals surface area contributed by atoms with E-state index in [4.69, 9.17) is 0 Å². The molecule has 0 spiro atoms. The van der Waals surface area contributed by atoms with E-state index in [1.807, 2.05) is 11.8 Å². The molecule has 0 aromatic heterocycles. The van der Waals surface area contributed by atoms with Crippen LogP contribution in [0.3, 0.4) is 0 Å². The molecule has 1 atom stereocenters. The summed E-state index contributed by atoms with van der Waals surface area (Å²) in [7, 11) is 0. The van der Waals surface area contributed by atoms with Crippen LogP contribution in [0.15, 0.2) is 41.3 Å². The van der Waals surface area contributed by atoms with E-state index in [9.17, 15) is 0 Å². The summed E-state index contributed by atoms with van der Waals surface area (Å²) in [5, 5.41) is 3.85. The molecule has 0 bridgehead atoms. The van der Waals surface area contributed by atoms with Crippen LogP contribution in [0.2, 0.25) is 0 Å². The van der Waals surface area contributed by atoms with Gasteiger partial charge in [0.15, 0.2) is 0 Å². The molecule has 0 saturated carbocycles. The molecule has 1 heterocycles. The quantitative estimate of drug-likeness (QED) is 0.782. The second-order valence-corrected chi connectivity index (χ2v) is 5.55. The zero-order valence-corrected chi connectivity index (χ0v) is 14.2. The van der Waals surface area contributed by atoms with Crippen LogP contribution >= 0.6 is 11.8 Å². The molecule has 1 unspecified atom stereocenters.